The number of benzene rings is 1. The van der Waals surface area contributed by atoms with Crippen molar-refractivity contribution >= 4 is 11.6 Å². The van der Waals surface area contributed by atoms with Gasteiger partial charge in [-0.15, -0.1) is 0 Å². The normalized spacial score (nSPS) is 14.8. The van der Waals surface area contributed by atoms with Crippen LogP contribution in [0.15, 0.2) is 12.1 Å². The van der Waals surface area contributed by atoms with Crippen LogP contribution in [0.5, 0.6) is 11.5 Å². The van der Waals surface area contributed by atoms with E-state index in [1.807, 2.05) is 32.9 Å². The molecule has 1 heterocycles. The Bertz CT molecular complexity index is 410. The zero-order valence-corrected chi connectivity index (χ0v) is 11.1. The summed E-state index contributed by atoms with van der Waals surface area (Å²) in [6.07, 6.45) is 0. The van der Waals surface area contributed by atoms with Crippen molar-refractivity contribution in [3.63, 3.8) is 0 Å². The van der Waals surface area contributed by atoms with Gasteiger partial charge in [-0.2, -0.15) is 0 Å². The second kappa shape index (κ2) is 4.75. The van der Waals surface area contributed by atoms with Crippen LogP contribution in [0.2, 0.25) is 5.02 Å². The zero-order valence-electron chi connectivity index (χ0n) is 10.4. The van der Waals surface area contributed by atoms with E-state index in [-0.39, 0.29) is 5.60 Å². The van der Waals surface area contributed by atoms with E-state index in [0.29, 0.717) is 36.3 Å². The molecule has 1 aromatic rings. The maximum Gasteiger partial charge on any atom is 0.179 e. The molecule has 0 bridgehead atoms. The first-order valence-electron chi connectivity index (χ1n) is 5.68. The quantitative estimate of drug-likeness (QED) is 0.811. The van der Waals surface area contributed by atoms with E-state index in [0.717, 1.165) is 5.56 Å². The van der Waals surface area contributed by atoms with Crippen molar-refractivity contribution in [2.24, 2.45) is 0 Å². The molecule has 0 spiro atoms. The van der Waals surface area contributed by atoms with E-state index in [1.165, 1.54) is 0 Å². The highest BCUT2D eigenvalue weighted by Crippen LogP contribution is 2.38. The number of halogens is 1. The van der Waals surface area contributed by atoms with Crippen molar-refractivity contribution in [1.82, 2.24) is 0 Å². The Hall–Kier alpha value is -0.930. The molecular weight excluding hydrogens is 240 g/mol. The Balaban J connectivity index is 2.16. The SMILES string of the molecule is CC(C)(C)OCc1cc(Cl)c2c(c1)OCCO2. The molecule has 1 aromatic carbocycles. The van der Waals surface area contributed by atoms with Crippen molar-refractivity contribution in [3.8, 4) is 11.5 Å². The molecule has 94 valence electrons. The third kappa shape index (κ3) is 3.27. The summed E-state index contributed by atoms with van der Waals surface area (Å²) in [5.41, 5.74) is 0.828. The van der Waals surface area contributed by atoms with Gasteiger partial charge in [-0.1, -0.05) is 11.6 Å². The lowest BCUT2D eigenvalue weighted by Crippen LogP contribution is -2.19. The number of hydrogen-bond acceptors (Lipinski definition) is 3. The van der Waals surface area contributed by atoms with Gasteiger partial charge in [-0.05, 0) is 38.5 Å². The second-order valence-corrected chi connectivity index (χ2v) is 5.41. The molecular formula is C13H17ClO3. The van der Waals surface area contributed by atoms with Gasteiger partial charge in [0.2, 0.25) is 0 Å². The van der Waals surface area contributed by atoms with Crippen LogP contribution in [-0.4, -0.2) is 18.8 Å². The minimum Gasteiger partial charge on any atom is -0.486 e. The summed E-state index contributed by atoms with van der Waals surface area (Å²) in [6, 6.07) is 3.78. The van der Waals surface area contributed by atoms with E-state index in [2.05, 4.69) is 0 Å². The van der Waals surface area contributed by atoms with Crippen LogP contribution in [0.4, 0.5) is 0 Å². The Morgan fingerprint density at radius 3 is 2.65 bits per heavy atom. The molecule has 0 fully saturated rings. The maximum absolute atomic E-state index is 6.14. The minimum absolute atomic E-state index is 0.167. The van der Waals surface area contributed by atoms with Gasteiger partial charge >= 0.3 is 0 Å². The average molecular weight is 257 g/mol. The Morgan fingerprint density at radius 2 is 1.94 bits per heavy atom. The summed E-state index contributed by atoms with van der Waals surface area (Å²) in [7, 11) is 0. The first-order valence-corrected chi connectivity index (χ1v) is 6.05. The van der Waals surface area contributed by atoms with Gasteiger partial charge in [0.1, 0.15) is 13.2 Å². The van der Waals surface area contributed by atoms with Gasteiger partial charge in [0.15, 0.2) is 11.5 Å². The van der Waals surface area contributed by atoms with Gasteiger partial charge in [0.25, 0.3) is 0 Å². The fourth-order valence-electron chi connectivity index (χ4n) is 1.55. The van der Waals surface area contributed by atoms with Crippen molar-refractivity contribution in [1.29, 1.82) is 0 Å². The molecule has 0 radical (unpaired) electrons. The van der Waals surface area contributed by atoms with E-state index in [4.69, 9.17) is 25.8 Å². The van der Waals surface area contributed by atoms with Crippen LogP contribution in [0.3, 0.4) is 0 Å². The average Bonchev–Trinajstić information content (AvgIpc) is 2.26. The number of hydrogen-bond donors (Lipinski definition) is 0. The predicted octanol–water partition coefficient (Wildman–Crippen LogP) is 3.43. The maximum atomic E-state index is 6.14. The zero-order chi connectivity index (χ0) is 12.5. The molecule has 0 aromatic heterocycles. The first-order chi connectivity index (χ1) is 7.96. The molecule has 0 atom stereocenters. The first kappa shape index (κ1) is 12.5. The topological polar surface area (TPSA) is 27.7 Å². The fourth-order valence-corrected chi connectivity index (χ4v) is 1.84. The standard InChI is InChI=1S/C13H17ClO3/c1-13(2,3)17-8-9-6-10(14)12-11(7-9)15-4-5-16-12/h6-7H,4-5,8H2,1-3H3. The van der Waals surface area contributed by atoms with Crippen LogP contribution in [0.1, 0.15) is 26.3 Å². The third-order valence-corrected chi connectivity index (χ3v) is 2.61. The van der Waals surface area contributed by atoms with E-state index < -0.39 is 0 Å². The number of fused-ring (bicyclic) bond motifs is 1. The van der Waals surface area contributed by atoms with Crippen molar-refractivity contribution in [2.75, 3.05) is 13.2 Å². The predicted molar refractivity (Wildman–Crippen MR) is 67.0 cm³/mol. The fraction of sp³-hybridized carbons (Fsp3) is 0.538. The molecule has 1 aliphatic heterocycles. The molecule has 0 unspecified atom stereocenters. The van der Waals surface area contributed by atoms with Crippen molar-refractivity contribution < 1.29 is 14.2 Å². The monoisotopic (exact) mass is 256 g/mol. The molecule has 0 N–H and O–H groups in total. The minimum atomic E-state index is -0.167. The van der Waals surface area contributed by atoms with Crippen LogP contribution < -0.4 is 9.47 Å². The molecule has 1 aliphatic rings. The van der Waals surface area contributed by atoms with Gasteiger partial charge in [0, 0.05) is 0 Å². The highest BCUT2D eigenvalue weighted by atomic mass is 35.5. The van der Waals surface area contributed by atoms with Gasteiger partial charge in [0.05, 0.1) is 17.2 Å². The Morgan fingerprint density at radius 1 is 1.24 bits per heavy atom. The number of ether oxygens (including phenoxy) is 3. The molecule has 17 heavy (non-hydrogen) atoms. The summed E-state index contributed by atoms with van der Waals surface area (Å²) in [4.78, 5) is 0. The highest BCUT2D eigenvalue weighted by Gasteiger charge is 2.17. The molecule has 4 heteroatoms. The summed E-state index contributed by atoms with van der Waals surface area (Å²) in [5.74, 6) is 1.34. The molecule has 0 saturated heterocycles. The van der Waals surface area contributed by atoms with Crippen molar-refractivity contribution in [3.05, 3.63) is 22.7 Å². The molecule has 2 rings (SSSR count). The van der Waals surface area contributed by atoms with Gasteiger partial charge < -0.3 is 14.2 Å². The largest absolute Gasteiger partial charge is 0.486 e. The third-order valence-electron chi connectivity index (χ3n) is 2.33. The molecule has 0 saturated carbocycles. The second-order valence-electron chi connectivity index (χ2n) is 5.00. The van der Waals surface area contributed by atoms with E-state index in [1.54, 1.807) is 0 Å². The van der Waals surface area contributed by atoms with Crippen LogP contribution in [0.25, 0.3) is 0 Å². The van der Waals surface area contributed by atoms with Crippen LogP contribution in [0, 0.1) is 0 Å². The van der Waals surface area contributed by atoms with Crippen molar-refractivity contribution in [2.45, 2.75) is 33.0 Å². The summed E-state index contributed by atoms with van der Waals surface area (Å²) < 4.78 is 16.7. The lowest BCUT2D eigenvalue weighted by molar-refractivity contribution is -0.0151. The Kier molecular flexibility index (Phi) is 3.50. The smallest absolute Gasteiger partial charge is 0.179 e. The molecule has 0 amide bonds. The molecule has 0 aliphatic carbocycles. The molecule has 3 nitrogen and oxygen atoms in total. The highest BCUT2D eigenvalue weighted by molar-refractivity contribution is 6.32. The number of rotatable bonds is 2. The lowest BCUT2D eigenvalue weighted by atomic mass is 10.1. The van der Waals surface area contributed by atoms with Crippen LogP contribution >= 0.6 is 11.6 Å². The summed E-state index contributed by atoms with van der Waals surface area (Å²) >= 11 is 6.14. The Labute approximate surface area is 107 Å². The summed E-state index contributed by atoms with van der Waals surface area (Å²) in [5, 5.41) is 0.578. The van der Waals surface area contributed by atoms with E-state index in [9.17, 15) is 0 Å². The lowest BCUT2D eigenvalue weighted by Gasteiger charge is -2.22. The van der Waals surface area contributed by atoms with Gasteiger partial charge in [-0.3, -0.25) is 0 Å². The van der Waals surface area contributed by atoms with Gasteiger partial charge in [-0.25, -0.2) is 0 Å². The van der Waals surface area contributed by atoms with E-state index >= 15 is 0 Å². The summed E-state index contributed by atoms with van der Waals surface area (Å²) in [6.45, 7) is 7.68. The van der Waals surface area contributed by atoms with Crippen LogP contribution in [-0.2, 0) is 11.3 Å².